The lowest BCUT2D eigenvalue weighted by Gasteiger charge is -2.20. The van der Waals surface area contributed by atoms with Gasteiger partial charge >= 0.3 is 0 Å². The monoisotopic (exact) mass is 259 g/mol. The Morgan fingerprint density at radius 2 is 2.21 bits per heavy atom. The summed E-state index contributed by atoms with van der Waals surface area (Å²) in [6.45, 7) is 0. The molecule has 2 aliphatic heterocycles. The Morgan fingerprint density at radius 3 is 2.84 bits per heavy atom. The SMILES string of the molecule is CN(C)c1cccc(NC(=O)C2CC3CCC2N3)c1. The van der Waals surface area contributed by atoms with Crippen LogP contribution in [0.25, 0.3) is 0 Å². The Kier molecular flexibility index (Phi) is 3.19. The molecule has 2 saturated heterocycles. The molecule has 4 nitrogen and oxygen atoms in total. The minimum Gasteiger partial charge on any atom is -0.378 e. The molecule has 4 heteroatoms. The Balaban J connectivity index is 1.68. The summed E-state index contributed by atoms with van der Waals surface area (Å²) in [7, 11) is 4.00. The second kappa shape index (κ2) is 4.85. The molecule has 1 aromatic carbocycles. The number of carbonyl (C=O) groups is 1. The Labute approximate surface area is 114 Å². The standard InChI is InChI=1S/C15H21N3O/c1-18(2)12-5-3-4-10(8-12)17-15(19)13-9-11-6-7-14(13)16-11/h3-5,8,11,13-14,16H,6-7,9H2,1-2H3,(H,17,19). The van der Waals surface area contributed by atoms with Gasteiger partial charge in [-0.3, -0.25) is 4.79 Å². The fourth-order valence-electron chi connectivity index (χ4n) is 3.21. The molecule has 0 radical (unpaired) electrons. The summed E-state index contributed by atoms with van der Waals surface area (Å²) < 4.78 is 0. The highest BCUT2D eigenvalue weighted by atomic mass is 16.2. The lowest BCUT2D eigenvalue weighted by molar-refractivity contribution is -0.120. The number of hydrogen-bond acceptors (Lipinski definition) is 3. The van der Waals surface area contributed by atoms with Crippen molar-refractivity contribution in [3.8, 4) is 0 Å². The van der Waals surface area contributed by atoms with Gasteiger partial charge in [-0.1, -0.05) is 6.07 Å². The van der Waals surface area contributed by atoms with Crippen LogP contribution in [0.5, 0.6) is 0 Å². The number of hydrogen-bond donors (Lipinski definition) is 2. The molecule has 2 fully saturated rings. The van der Waals surface area contributed by atoms with Crippen LogP contribution < -0.4 is 15.5 Å². The van der Waals surface area contributed by atoms with Crippen molar-refractivity contribution in [1.29, 1.82) is 0 Å². The van der Waals surface area contributed by atoms with Crippen molar-refractivity contribution < 1.29 is 4.79 Å². The molecule has 2 aliphatic rings. The van der Waals surface area contributed by atoms with E-state index in [1.54, 1.807) is 0 Å². The first kappa shape index (κ1) is 12.5. The van der Waals surface area contributed by atoms with Crippen LogP contribution in [-0.2, 0) is 4.79 Å². The Hall–Kier alpha value is -1.55. The zero-order chi connectivity index (χ0) is 13.4. The van der Waals surface area contributed by atoms with Crippen molar-refractivity contribution in [2.75, 3.05) is 24.3 Å². The molecule has 3 rings (SSSR count). The number of nitrogens with one attached hydrogen (secondary N) is 2. The summed E-state index contributed by atoms with van der Waals surface area (Å²) in [5.74, 6) is 0.303. The zero-order valence-corrected chi connectivity index (χ0v) is 11.5. The van der Waals surface area contributed by atoms with E-state index in [4.69, 9.17) is 0 Å². The maximum atomic E-state index is 12.3. The molecule has 3 unspecified atom stereocenters. The number of anilines is 2. The van der Waals surface area contributed by atoms with E-state index in [0.717, 1.165) is 24.2 Å². The highest BCUT2D eigenvalue weighted by Crippen LogP contribution is 2.34. The van der Waals surface area contributed by atoms with E-state index in [2.05, 4.69) is 10.6 Å². The molecule has 0 spiro atoms. The van der Waals surface area contributed by atoms with Crippen LogP contribution in [0.1, 0.15) is 19.3 Å². The zero-order valence-electron chi connectivity index (χ0n) is 11.5. The van der Waals surface area contributed by atoms with E-state index in [0.29, 0.717) is 12.1 Å². The van der Waals surface area contributed by atoms with E-state index in [1.807, 2.05) is 43.3 Å². The van der Waals surface area contributed by atoms with Crippen molar-refractivity contribution in [1.82, 2.24) is 5.32 Å². The first-order valence-corrected chi connectivity index (χ1v) is 6.98. The van der Waals surface area contributed by atoms with Gasteiger partial charge in [0.15, 0.2) is 0 Å². The summed E-state index contributed by atoms with van der Waals surface area (Å²) >= 11 is 0. The predicted molar refractivity (Wildman–Crippen MR) is 77.5 cm³/mol. The topological polar surface area (TPSA) is 44.4 Å². The molecule has 0 aromatic heterocycles. The highest BCUT2D eigenvalue weighted by molar-refractivity contribution is 5.93. The maximum absolute atomic E-state index is 12.3. The van der Waals surface area contributed by atoms with Crippen molar-refractivity contribution >= 4 is 17.3 Å². The van der Waals surface area contributed by atoms with Crippen LogP contribution in [0.4, 0.5) is 11.4 Å². The summed E-state index contributed by atoms with van der Waals surface area (Å²) in [4.78, 5) is 14.4. The summed E-state index contributed by atoms with van der Waals surface area (Å²) in [6.07, 6.45) is 3.36. The summed E-state index contributed by atoms with van der Waals surface area (Å²) in [6, 6.07) is 8.93. The average Bonchev–Trinajstić information content (AvgIpc) is 3.01. The van der Waals surface area contributed by atoms with Gasteiger partial charge in [-0.2, -0.15) is 0 Å². The molecular formula is C15H21N3O. The number of carbonyl (C=O) groups excluding carboxylic acids is 1. The van der Waals surface area contributed by atoms with Crippen molar-refractivity contribution in [3.05, 3.63) is 24.3 Å². The number of amides is 1. The largest absolute Gasteiger partial charge is 0.378 e. The fourth-order valence-corrected chi connectivity index (χ4v) is 3.21. The van der Waals surface area contributed by atoms with E-state index in [1.165, 1.54) is 6.42 Å². The van der Waals surface area contributed by atoms with Gasteiger partial charge < -0.3 is 15.5 Å². The lowest BCUT2D eigenvalue weighted by Crippen LogP contribution is -2.32. The van der Waals surface area contributed by atoms with Gasteiger partial charge in [-0.25, -0.2) is 0 Å². The van der Waals surface area contributed by atoms with E-state index < -0.39 is 0 Å². The summed E-state index contributed by atoms with van der Waals surface area (Å²) in [5.41, 5.74) is 1.99. The van der Waals surface area contributed by atoms with Crippen molar-refractivity contribution in [2.24, 2.45) is 5.92 Å². The van der Waals surface area contributed by atoms with Crippen molar-refractivity contribution in [2.45, 2.75) is 31.3 Å². The van der Waals surface area contributed by atoms with E-state index in [-0.39, 0.29) is 11.8 Å². The molecule has 0 saturated carbocycles. The van der Waals surface area contributed by atoms with Crippen LogP contribution in [0.2, 0.25) is 0 Å². The molecule has 102 valence electrons. The minimum atomic E-state index is 0.141. The lowest BCUT2D eigenvalue weighted by atomic mass is 9.88. The van der Waals surface area contributed by atoms with Crippen LogP contribution >= 0.6 is 0 Å². The van der Waals surface area contributed by atoms with E-state index >= 15 is 0 Å². The van der Waals surface area contributed by atoms with Gasteiger partial charge in [0, 0.05) is 37.6 Å². The first-order chi connectivity index (χ1) is 9.13. The molecule has 2 N–H and O–H groups in total. The average molecular weight is 259 g/mol. The highest BCUT2D eigenvalue weighted by Gasteiger charge is 2.42. The van der Waals surface area contributed by atoms with Crippen molar-refractivity contribution in [3.63, 3.8) is 0 Å². The number of benzene rings is 1. The number of fused-ring (bicyclic) bond motifs is 2. The van der Waals surface area contributed by atoms with Crippen LogP contribution in [0, 0.1) is 5.92 Å². The quantitative estimate of drug-likeness (QED) is 0.870. The van der Waals surface area contributed by atoms with Crippen LogP contribution in [-0.4, -0.2) is 32.1 Å². The number of rotatable bonds is 3. The Morgan fingerprint density at radius 1 is 1.37 bits per heavy atom. The van der Waals surface area contributed by atoms with Gasteiger partial charge in [0.2, 0.25) is 5.91 Å². The van der Waals surface area contributed by atoms with E-state index in [9.17, 15) is 4.79 Å². The third kappa shape index (κ3) is 2.45. The second-order valence-corrected chi connectivity index (χ2v) is 5.82. The van der Waals surface area contributed by atoms with Crippen LogP contribution in [0.3, 0.4) is 0 Å². The molecule has 0 aliphatic carbocycles. The third-order valence-corrected chi connectivity index (χ3v) is 4.27. The molecular weight excluding hydrogens is 238 g/mol. The minimum absolute atomic E-state index is 0.141. The maximum Gasteiger partial charge on any atom is 0.229 e. The molecule has 1 amide bonds. The smallest absolute Gasteiger partial charge is 0.229 e. The van der Waals surface area contributed by atoms with Gasteiger partial charge in [-0.05, 0) is 37.5 Å². The normalized spacial score (nSPS) is 28.4. The van der Waals surface area contributed by atoms with Gasteiger partial charge in [0.05, 0.1) is 5.92 Å². The third-order valence-electron chi connectivity index (χ3n) is 4.27. The second-order valence-electron chi connectivity index (χ2n) is 5.82. The molecule has 1 aromatic rings. The van der Waals surface area contributed by atoms with Gasteiger partial charge in [0.1, 0.15) is 0 Å². The Bertz CT molecular complexity index is 486. The molecule has 2 bridgehead atoms. The summed E-state index contributed by atoms with van der Waals surface area (Å²) in [5, 5.41) is 6.56. The number of nitrogens with zero attached hydrogens (tertiary/aromatic N) is 1. The fraction of sp³-hybridized carbons (Fsp3) is 0.533. The first-order valence-electron chi connectivity index (χ1n) is 6.98. The predicted octanol–water partition coefficient (Wildman–Crippen LogP) is 1.83. The molecule has 2 heterocycles. The van der Waals surface area contributed by atoms with Gasteiger partial charge in [0.25, 0.3) is 0 Å². The van der Waals surface area contributed by atoms with Crippen LogP contribution in [0.15, 0.2) is 24.3 Å². The molecule has 19 heavy (non-hydrogen) atoms. The molecule has 3 atom stereocenters. The van der Waals surface area contributed by atoms with Gasteiger partial charge in [-0.15, -0.1) is 0 Å².